The molecule has 0 aromatic carbocycles. The topological polar surface area (TPSA) is 92.9 Å². The van der Waals surface area contributed by atoms with Gasteiger partial charge in [0.05, 0.1) is 5.54 Å². The Morgan fingerprint density at radius 1 is 1.43 bits per heavy atom. The van der Waals surface area contributed by atoms with Gasteiger partial charge in [0.25, 0.3) is 5.91 Å². The Morgan fingerprint density at radius 2 is 2.19 bits per heavy atom. The van der Waals surface area contributed by atoms with E-state index in [-0.39, 0.29) is 5.91 Å². The van der Waals surface area contributed by atoms with Crippen molar-refractivity contribution in [2.24, 2.45) is 5.84 Å². The van der Waals surface area contributed by atoms with Crippen molar-refractivity contribution < 1.29 is 4.79 Å². The molecule has 0 aliphatic carbocycles. The van der Waals surface area contributed by atoms with E-state index in [1.165, 1.54) is 11.3 Å². The van der Waals surface area contributed by atoms with Crippen LogP contribution in [0, 0.1) is 0 Å². The third kappa shape index (κ3) is 3.56. The first-order chi connectivity index (χ1) is 9.96. The SMILES string of the molecule is CCc1cc(C(=O)NC(C)(C)c2nccs2)cc(NN)n1. The maximum Gasteiger partial charge on any atom is 0.252 e. The minimum absolute atomic E-state index is 0.177. The van der Waals surface area contributed by atoms with Gasteiger partial charge in [0.1, 0.15) is 10.8 Å². The molecule has 4 N–H and O–H groups in total. The van der Waals surface area contributed by atoms with E-state index in [0.29, 0.717) is 11.4 Å². The fourth-order valence-corrected chi connectivity index (χ4v) is 2.63. The number of hydrogen-bond acceptors (Lipinski definition) is 6. The number of nitrogens with one attached hydrogen (secondary N) is 2. The monoisotopic (exact) mass is 305 g/mol. The number of hydrogen-bond donors (Lipinski definition) is 3. The number of amides is 1. The lowest BCUT2D eigenvalue weighted by molar-refractivity contribution is 0.0911. The molecule has 1 amide bonds. The molecule has 0 aliphatic rings. The normalized spacial score (nSPS) is 11.2. The van der Waals surface area contributed by atoms with Crippen LogP contribution in [0.25, 0.3) is 0 Å². The van der Waals surface area contributed by atoms with Gasteiger partial charge >= 0.3 is 0 Å². The second-order valence-electron chi connectivity index (χ2n) is 5.15. The summed E-state index contributed by atoms with van der Waals surface area (Å²) < 4.78 is 0. The molecule has 2 aromatic rings. The Balaban J connectivity index is 2.24. The highest BCUT2D eigenvalue weighted by Gasteiger charge is 2.26. The van der Waals surface area contributed by atoms with E-state index in [2.05, 4.69) is 20.7 Å². The smallest absolute Gasteiger partial charge is 0.252 e. The summed E-state index contributed by atoms with van der Waals surface area (Å²) in [4.78, 5) is 21.0. The lowest BCUT2D eigenvalue weighted by Crippen LogP contribution is -2.41. The number of nitrogen functional groups attached to an aromatic ring is 1. The summed E-state index contributed by atoms with van der Waals surface area (Å²) in [5.74, 6) is 5.70. The largest absolute Gasteiger partial charge is 0.341 e. The number of aromatic nitrogens is 2. The van der Waals surface area contributed by atoms with E-state index in [1.807, 2.05) is 26.2 Å². The molecule has 0 saturated heterocycles. The Kier molecular flexibility index (Phi) is 4.54. The Bertz CT molecular complexity index is 602. The highest BCUT2D eigenvalue weighted by Crippen LogP contribution is 2.23. The van der Waals surface area contributed by atoms with Crippen LogP contribution in [0.15, 0.2) is 23.7 Å². The number of pyridine rings is 1. The second-order valence-corrected chi connectivity index (χ2v) is 6.04. The van der Waals surface area contributed by atoms with Crippen molar-refractivity contribution in [3.8, 4) is 0 Å². The Labute approximate surface area is 127 Å². The Hall–Kier alpha value is -1.99. The molecule has 2 rings (SSSR count). The summed E-state index contributed by atoms with van der Waals surface area (Å²) in [6.07, 6.45) is 2.46. The number of hydrazine groups is 1. The van der Waals surface area contributed by atoms with Crippen LogP contribution in [0.1, 0.15) is 41.8 Å². The van der Waals surface area contributed by atoms with Gasteiger partial charge in [-0.25, -0.2) is 15.8 Å². The zero-order valence-electron chi connectivity index (χ0n) is 12.3. The summed E-state index contributed by atoms with van der Waals surface area (Å²) in [5, 5.41) is 5.74. The number of rotatable bonds is 5. The van der Waals surface area contributed by atoms with Gasteiger partial charge in [-0.3, -0.25) is 4.79 Å². The molecule has 2 heterocycles. The zero-order chi connectivity index (χ0) is 15.5. The van der Waals surface area contributed by atoms with Crippen molar-refractivity contribution in [3.63, 3.8) is 0 Å². The van der Waals surface area contributed by atoms with Crippen LogP contribution < -0.4 is 16.6 Å². The van der Waals surface area contributed by atoms with Gasteiger partial charge in [0, 0.05) is 22.8 Å². The van der Waals surface area contributed by atoms with E-state index < -0.39 is 5.54 Å². The summed E-state index contributed by atoms with van der Waals surface area (Å²) in [6.45, 7) is 5.82. The van der Waals surface area contributed by atoms with Crippen molar-refractivity contribution in [1.29, 1.82) is 0 Å². The molecule has 0 bridgehead atoms. The van der Waals surface area contributed by atoms with Crippen LogP contribution in [0.3, 0.4) is 0 Å². The van der Waals surface area contributed by atoms with Gasteiger partial charge in [-0.1, -0.05) is 6.92 Å². The number of nitrogens with zero attached hydrogens (tertiary/aromatic N) is 2. The molecule has 0 fully saturated rings. The highest BCUT2D eigenvalue weighted by molar-refractivity contribution is 7.09. The molecule has 0 spiro atoms. The molecule has 7 heteroatoms. The number of anilines is 1. The summed E-state index contributed by atoms with van der Waals surface area (Å²) in [6, 6.07) is 3.40. The fourth-order valence-electron chi connectivity index (χ4n) is 1.92. The number of aryl methyl sites for hydroxylation is 1. The predicted molar refractivity (Wildman–Crippen MR) is 84.0 cm³/mol. The quantitative estimate of drug-likeness (QED) is 0.581. The number of carbonyl (C=O) groups excluding carboxylic acids is 1. The van der Waals surface area contributed by atoms with Crippen molar-refractivity contribution in [3.05, 3.63) is 40.0 Å². The minimum Gasteiger partial charge on any atom is -0.341 e. The number of thiazole rings is 1. The van der Waals surface area contributed by atoms with Gasteiger partial charge in [0.2, 0.25) is 0 Å². The molecule has 2 aromatic heterocycles. The molecule has 0 saturated carbocycles. The molecular formula is C14H19N5OS. The maximum absolute atomic E-state index is 12.5. The van der Waals surface area contributed by atoms with Crippen molar-refractivity contribution in [1.82, 2.24) is 15.3 Å². The van der Waals surface area contributed by atoms with Crippen LogP contribution in [0.5, 0.6) is 0 Å². The molecule has 6 nitrogen and oxygen atoms in total. The molecule has 21 heavy (non-hydrogen) atoms. The fraction of sp³-hybridized carbons (Fsp3) is 0.357. The number of carbonyl (C=O) groups is 1. The van der Waals surface area contributed by atoms with E-state index in [0.717, 1.165) is 17.1 Å². The van der Waals surface area contributed by atoms with Gasteiger partial charge in [-0.05, 0) is 32.4 Å². The molecule has 0 aliphatic heterocycles. The van der Waals surface area contributed by atoms with Crippen molar-refractivity contribution in [2.45, 2.75) is 32.7 Å². The molecule has 0 unspecified atom stereocenters. The first kappa shape index (κ1) is 15.4. The average Bonchev–Trinajstić information content (AvgIpc) is 3.01. The van der Waals surface area contributed by atoms with Crippen LogP contribution in [0.4, 0.5) is 5.82 Å². The van der Waals surface area contributed by atoms with Crippen LogP contribution in [-0.2, 0) is 12.0 Å². The number of nitrogens with two attached hydrogens (primary N) is 1. The van der Waals surface area contributed by atoms with Crippen molar-refractivity contribution >= 4 is 23.1 Å². The van der Waals surface area contributed by atoms with E-state index in [4.69, 9.17) is 5.84 Å². The molecular weight excluding hydrogens is 286 g/mol. The van der Waals surface area contributed by atoms with Gasteiger partial charge in [-0.2, -0.15) is 0 Å². The third-order valence-electron chi connectivity index (χ3n) is 3.04. The minimum atomic E-state index is -0.531. The van der Waals surface area contributed by atoms with Crippen LogP contribution >= 0.6 is 11.3 Å². The highest BCUT2D eigenvalue weighted by atomic mass is 32.1. The molecule has 0 radical (unpaired) electrons. The first-order valence-electron chi connectivity index (χ1n) is 6.66. The molecule has 0 atom stereocenters. The van der Waals surface area contributed by atoms with Crippen LogP contribution in [0.2, 0.25) is 0 Å². The summed E-state index contributed by atoms with van der Waals surface area (Å²) in [7, 11) is 0. The van der Waals surface area contributed by atoms with Gasteiger partial charge in [-0.15, -0.1) is 11.3 Å². The second kappa shape index (κ2) is 6.19. The summed E-state index contributed by atoms with van der Waals surface area (Å²) >= 11 is 1.51. The standard InChI is InChI=1S/C14H19N5OS/c1-4-10-7-9(8-11(17-10)19-15)12(20)18-14(2,3)13-16-5-6-21-13/h5-8H,4,15H2,1-3H3,(H,17,19)(H,18,20). The summed E-state index contributed by atoms with van der Waals surface area (Å²) in [5.41, 5.74) is 3.29. The van der Waals surface area contributed by atoms with E-state index in [1.54, 1.807) is 18.3 Å². The average molecular weight is 305 g/mol. The third-order valence-corrected chi connectivity index (χ3v) is 4.14. The first-order valence-corrected chi connectivity index (χ1v) is 7.54. The molecule has 112 valence electrons. The lowest BCUT2D eigenvalue weighted by Gasteiger charge is -2.24. The van der Waals surface area contributed by atoms with E-state index >= 15 is 0 Å². The van der Waals surface area contributed by atoms with Crippen LogP contribution in [-0.4, -0.2) is 15.9 Å². The van der Waals surface area contributed by atoms with Gasteiger partial charge < -0.3 is 10.7 Å². The predicted octanol–water partition coefficient (Wildman–Crippen LogP) is 2.05. The van der Waals surface area contributed by atoms with Gasteiger partial charge in [0.15, 0.2) is 0 Å². The zero-order valence-corrected chi connectivity index (χ0v) is 13.1. The Morgan fingerprint density at radius 3 is 2.76 bits per heavy atom. The van der Waals surface area contributed by atoms with E-state index in [9.17, 15) is 4.79 Å². The lowest BCUT2D eigenvalue weighted by atomic mass is 10.1. The van der Waals surface area contributed by atoms with Crippen molar-refractivity contribution in [2.75, 3.05) is 5.43 Å². The maximum atomic E-state index is 12.5.